The molecule has 0 aromatic carbocycles. The van der Waals surface area contributed by atoms with E-state index in [1.165, 1.54) is 0 Å². The van der Waals surface area contributed by atoms with Crippen LogP contribution in [-0.4, -0.2) is 24.3 Å². The average Bonchev–Trinajstić information content (AvgIpc) is 2.76. The van der Waals surface area contributed by atoms with Gasteiger partial charge in [-0.2, -0.15) is 0 Å². The van der Waals surface area contributed by atoms with Crippen LogP contribution in [0.4, 0.5) is 0 Å². The molecule has 0 unspecified atom stereocenters. The lowest BCUT2D eigenvalue weighted by Gasteiger charge is -2.04. The van der Waals surface area contributed by atoms with Crippen molar-refractivity contribution in [1.82, 2.24) is 24.3 Å². The van der Waals surface area contributed by atoms with Gasteiger partial charge in [-0.05, 0) is 19.1 Å². The Balaban J connectivity index is 2.09. The Kier molecular flexibility index (Phi) is 2.45. The minimum atomic E-state index is 0.760. The fraction of sp³-hybridized carbons (Fsp3) is 0.375. The molecule has 1 N–H and O–H groups in total. The van der Waals surface area contributed by atoms with Crippen LogP contribution in [0.1, 0.15) is 5.69 Å². The first-order valence-electron chi connectivity index (χ1n) is 4.34. The molecule has 0 amide bonds. The summed E-state index contributed by atoms with van der Waals surface area (Å²) in [5.41, 5.74) is 1.14. The van der Waals surface area contributed by atoms with E-state index in [1.54, 1.807) is 12.7 Å². The van der Waals surface area contributed by atoms with E-state index in [-0.39, 0.29) is 0 Å². The van der Waals surface area contributed by atoms with E-state index in [4.69, 9.17) is 12.2 Å². The SMILES string of the molecule is Cc1c[nH]c(=S)n1CCn1cnnc1. The molecule has 2 rings (SSSR count). The van der Waals surface area contributed by atoms with Crippen molar-refractivity contribution in [2.24, 2.45) is 0 Å². The summed E-state index contributed by atoms with van der Waals surface area (Å²) >= 11 is 5.13. The first kappa shape index (κ1) is 9.14. The Morgan fingerprint density at radius 3 is 2.64 bits per heavy atom. The lowest BCUT2D eigenvalue weighted by molar-refractivity contribution is 0.564. The third-order valence-electron chi connectivity index (χ3n) is 2.12. The second kappa shape index (κ2) is 3.75. The zero-order valence-electron chi connectivity index (χ0n) is 7.84. The van der Waals surface area contributed by atoms with Gasteiger partial charge in [0, 0.05) is 25.0 Å². The van der Waals surface area contributed by atoms with Gasteiger partial charge in [0.05, 0.1) is 0 Å². The topological polar surface area (TPSA) is 51.4 Å². The Morgan fingerprint density at radius 2 is 2.07 bits per heavy atom. The van der Waals surface area contributed by atoms with Gasteiger partial charge >= 0.3 is 0 Å². The lowest BCUT2D eigenvalue weighted by Crippen LogP contribution is -2.07. The molecule has 0 radical (unpaired) electrons. The normalized spacial score (nSPS) is 10.6. The van der Waals surface area contributed by atoms with Gasteiger partial charge in [0.25, 0.3) is 0 Å². The predicted octanol–water partition coefficient (Wildman–Crippen LogP) is 1.15. The largest absolute Gasteiger partial charge is 0.337 e. The summed E-state index contributed by atoms with van der Waals surface area (Å²) in [5, 5.41) is 7.47. The Bertz CT molecular complexity index is 452. The number of hydrogen-bond acceptors (Lipinski definition) is 3. The Hall–Kier alpha value is -1.43. The quantitative estimate of drug-likeness (QED) is 0.771. The minimum absolute atomic E-state index is 0.760. The molecule has 0 fully saturated rings. The fourth-order valence-electron chi connectivity index (χ4n) is 1.31. The number of hydrogen-bond donors (Lipinski definition) is 1. The molecule has 0 atom stereocenters. The van der Waals surface area contributed by atoms with E-state index in [2.05, 4.69) is 19.7 Å². The number of rotatable bonds is 3. The molecule has 5 nitrogen and oxygen atoms in total. The summed E-state index contributed by atoms with van der Waals surface area (Å²) in [7, 11) is 0. The predicted molar refractivity (Wildman–Crippen MR) is 54.4 cm³/mol. The molecule has 2 aromatic heterocycles. The summed E-state index contributed by atoms with van der Waals surface area (Å²) in [6.07, 6.45) is 5.31. The van der Waals surface area contributed by atoms with Crippen LogP contribution in [0.15, 0.2) is 18.9 Å². The molecule has 2 heterocycles. The summed E-state index contributed by atoms with van der Waals surface area (Å²) in [4.78, 5) is 3.00. The molecule has 0 spiro atoms. The highest BCUT2D eigenvalue weighted by molar-refractivity contribution is 7.71. The van der Waals surface area contributed by atoms with Gasteiger partial charge in [0.2, 0.25) is 0 Å². The maximum Gasteiger partial charge on any atom is 0.177 e. The van der Waals surface area contributed by atoms with Crippen LogP contribution in [0.2, 0.25) is 0 Å². The Labute approximate surface area is 86.4 Å². The van der Waals surface area contributed by atoms with E-state index in [0.29, 0.717) is 0 Å². The van der Waals surface area contributed by atoms with E-state index in [9.17, 15) is 0 Å². The van der Waals surface area contributed by atoms with Crippen LogP contribution in [0.5, 0.6) is 0 Å². The van der Waals surface area contributed by atoms with Crippen molar-refractivity contribution in [3.63, 3.8) is 0 Å². The number of nitrogens with zero attached hydrogens (tertiary/aromatic N) is 4. The van der Waals surface area contributed by atoms with Crippen molar-refractivity contribution in [3.05, 3.63) is 29.3 Å². The number of nitrogens with one attached hydrogen (secondary N) is 1. The Morgan fingerprint density at radius 1 is 1.36 bits per heavy atom. The standard InChI is InChI=1S/C8H11N5S/c1-7-4-9-8(14)13(7)3-2-12-5-10-11-6-12/h4-6H,2-3H2,1H3,(H,9,14). The van der Waals surface area contributed by atoms with Crippen molar-refractivity contribution in [3.8, 4) is 0 Å². The lowest BCUT2D eigenvalue weighted by atomic mass is 10.5. The van der Waals surface area contributed by atoms with Crippen molar-refractivity contribution in [1.29, 1.82) is 0 Å². The highest BCUT2D eigenvalue weighted by atomic mass is 32.1. The van der Waals surface area contributed by atoms with Gasteiger partial charge in [-0.1, -0.05) is 0 Å². The zero-order valence-corrected chi connectivity index (χ0v) is 8.66. The summed E-state index contributed by atoms with van der Waals surface area (Å²) < 4.78 is 4.74. The molecule has 0 aliphatic rings. The van der Waals surface area contributed by atoms with Crippen molar-refractivity contribution >= 4 is 12.2 Å². The van der Waals surface area contributed by atoms with Gasteiger partial charge in [-0.15, -0.1) is 10.2 Å². The zero-order chi connectivity index (χ0) is 9.97. The van der Waals surface area contributed by atoms with Crippen LogP contribution in [0, 0.1) is 11.7 Å². The van der Waals surface area contributed by atoms with Gasteiger partial charge < -0.3 is 14.1 Å². The molecule has 0 bridgehead atoms. The minimum Gasteiger partial charge on any atom is -0.337 e. The number of imidazole rings is 1. The van der Waals surface area contributed by atoms with Crippen LogP contribution >= 0.6 is 12.2 Å². The molecular formula is C8H11N5S. The molecule has 2 aromatic rings. The summed E-state index contributed by atoms with van der Waals surface area (Å²) in [6.45, 7) is 3.70. The molecule has 0 aliphatic heterocycles. The molecule has 0 saturated carbocycles. The molecular weight excluding hydrogens is 198 g/mol. The smallest absolute Gasteiger partial charge is 0.177 e. The number of aryl methyl sites for hydroxylation is 2. The van der Waals surface area contributed by atoms with E-state index >= 15 is 0 Å². The highest BCUT2D eigenvalue weighted by Crippen LogP contribution is 2.00. The maximum absolute atomic E-state index is 5.13. The monoisotopic (exact) mass is 209 g/mol. The van der Waals surface area contributed by atoms with E-state index < -0.39 is 0 Å². The van der Waals surface area contributed by atoms with Crippen molar-refractivity contribution in [2.75, 3.05) is 0 Å². The molecule has 0 aliphatic carbocycles. The van der Waals surface area contributed by atoms with Crippen LogP contribution < -0.4 is 0 Å². The highest BCUT2D eigenvalue weighted by Gasteiger charge is 1.98. The third-order valence-corrected chi connectivity index (χ3v) is 2.46. The van der Waals surface area contributed by atoms with Crippen LogP contribution in [0.3, 0.4) is 0 Å². The summed E-state index contributed by atoms with van der Waals surface area (Å²) in [6, 6.07) is 0. The molecule has 0 saturated heterocycles. The van der Waals surface area contributed by atoms with Crippen molar-refractivity contribution < 1.29 is 0 Å². The fourth-order valence-corrected chi connectivity index (χ4v) is 1.61. The maximum atomic E-state index is 5.13. The molecule has 6 heteroatoms. The third kappa shape index (κ3) is 1.74. The van der Waals surface area contributed by atoms with Gasteiger partial charge in [-0.3, -0.25) is 0 Å². The molecule has 14 heavy (non-hydrogen) atoms. The first-order valence-corrected chi connectivity index (χ1v) is 4.75. The number of aromatic nitrogens is 5. The summed E-state index contributed by atoms with van der Waals surface area (Å²) in [5.74, 6) is 0. The van der Waals surface area contributed by atoms with Crippen molar-refractivity contribution in [2.45, 2.75) is 20.0 Å². The van der Waals surface area contributed by atoms with E-state index in [1.807, 2.05) is 17.7 Å². The second-order valence-corrected chi connectivity index (χ2v) is 3.47. The average molecular weight is 209 g/mol. The second-order valence-electron chi connectivity index (χ2n) is 3.09. The number of aromatic amines is 1. The van der Waals surface area contributed by atoms with Gasteiger partial charge in [-0.25, -0.2) is 0 Å². The van der Waals surface area contributed by atoms with Gasteiger partial charge in [0.15, 0.2) is 4.77 Å². The van der Waals surface area contributed by atoms with Crippen LogP contribution in [-0.2, 0) is 13.1 Å². The van der Waals surface area contributed by atoms with Crippen LogP contribution in [0.25, 0.3) is 0 Å². The van der Waals surface area contributed by atoms with E-state index in [0.717, 1.165) is 23.6 Å². The van der Waals surface area contributed by atoms with Gasteiger partial charge in [0.1, 0.15) is 12.7 Å². The number of H-pyrrole nitrogens is 1. The first-order chi connectivity index (χ1) is 6.77. The molecule has 74 valence electrons.